The number of carbonyl (C=O) groups excluding carboxylic acids is 1. The second-order valence-corrected chi connectivity index (χ2v) is 5.07. The number of ether oxygens (including phenoxy) is 1. The summed E-state index contributed by atoms with van der Waals surface area (Å²) in [5, 5.41) is 3.06. The normalized spacial score (nSPS) is 11.1. The van der Waals surface area contributed by atoms with Crippen LogP contribution in [0, 0.1) is 0 Å². The fourth-order valence-electron chi connectivity index (χ4n) is 1.14. The minimum Gasteiger partial charge on any atom is -0.389 e. The van der Waals surface area contributed by atoms with Crippen molar-refractivity contribution in [2.24, 2.45) is 5.73 Å². The maximum Gasteiger partial charge on any atom is 0.256 e. The van der Waals surface area contributed by atoms with Crippen LogP contribution in [0.4, 0.5) is 5.69 Å². The summed E-state index contributed by atoms with van der Waals surface area (Å²) < 4.78 is 5.08. The van der Waals surface area contributed by atoms with Gasteiger partial charge in [-0.25, -0.2) is 0 Å². The van der Waals surface area contributed by atoms with Gasteiger partial charge in [-0.05, 0) is 32.0 Å². The van der Waals surface area contributed by atoms with E-state index in [9.17, 15) is 4.79 Å². The van der Waals surface area contributed by atoms with Crippen molar-refractivity contribution in [3.8, 4) is 0 Å². The molecule has 98 valence electrons. The molecule has 0 heterocycles. The molecule has 1 aromatic rings. The average Bonchev–Trinajstić information content (AvgIpc) is 2.31. The van der Waals surface area contributed by atoms with Gasteiger partial charge in [0.05, 0.1) is 10.7 Å². The van der Waals surface area contributed by atoms with Crippen molar-refractivity contribution in [2.75, 3.05) is 12.4 Å². The SMILES string of the molecule is COC(C)(C)C(=O)Nc1ccc(C(N)=S)cc1Cl. The molecule has 1 rings (SSSR count). The first-order valence-corrected chi connectivity index (χ1v) is 6.02. The van der Waals surface area contributed by atoms with E-state index in [1.165, 1.54) is 7.11 Å². The number of rotatable bonds is 4. The van der Waals surface area contributed by atoms with Gasteiger partial charge < -0.3 is 15.8 Å². The number of amides is 1. The summed E-state index contributed by atoms with van der Waals surface area (Å²) in [4.78, 5) is 12.1. The van der Waals surface area contributed by atoms with E-state index < -0.39 is 5.60 Å². The van der Waals surface area contributed by atoms with Gasteiger partial charge in [0.15, 0.2) is 0 Å². The number of thiocarbonyl (C=S) groups is 1. The summed E-state index contributed by atoms with van der Waals surface area (Å²) in [6.45, 7) is 3.33. The quantitative estimate of drug-likeness (QED) is 0.834. The van der Waals surface area contributed by atoms with Crippen LogP contribution < -0.4 is 11.1 Å². The maximum absolute atomic E-state index is 11.9. The van der Waals surface area contributed by atoms with Gasteiger partial charge in [0.25, 0.3) is 5.91 Å². The Morgan fingerprint density at radius 2 is 2.11 bits per heavy atom. The van der Waals surface area contributed by atoms with E-state index in [1.807, 2.05) is 0 Å². The topological polar surface area (TPSA) is 64.3 Å². The third-order valence-corrected chi connectivity index (χ3v) is 3.11. The van der Waals surface area contributed by atoms with Gasteiger partial charge >= 0.3 is 0 Å². The largest absolute Gasteiger partial charge is 0.389 e. The van der Waals surface area contributed by atoms with Crippen LogP contribution in [0.25, 0.3) is 0 Å². The third kappa shape index (κ3) is 3.41. The first-order chi connectivity index (χ1) is 8.27. The standard InChI is InChI=1S/C12H15ClN2O2S/c1-12(2,17-3)11(16)15-9-5-4-7(10(14)18)6-8(9)13/h4-6H,1-3H3,(H2,14,18)(H,15,16). The van der Waals surface area contributed by atoms with E-state index in [-0.39, 0.29) is 10.9 Å². The van der Waals surface area contributed by atoms with Crippen LogP contribution in [-0.4, -0.2) is 23.6 Å². The predicted octanol–water partition coefficient (Wildman–Crippen LogP) is 2.34. The summed E-state index contributed by atoms with van der Waals surface area (Å²) in [7, 11) is 1.47. The van der Waals surface area contributed by atoms with E-state index in [0.29, 0.717) is 16.3 Å². The minimum atomic E-state index is -0.925. The van der Waals surface area contributed by atoms with E-state index in [2.05, 4.69) is 5.32 Å². The molecule has 4 nitrogen and oxygen atoms in total. The van der Waals surface area contributed by atoms with Gasteiger partial charge in [-0.15, -0.1) is 0 Å². The molecule has 0 radical (unpaired) electrons. The molecule has 0 aliphatic heterocycles. The monoisotopic (exact) mass is 286 g/mol. The van der Waals surface area contributed by atoms with Crippen LogP contribution in [0.1, 0.15) is 19.4 Å². The Morgan fingerprint density at radius 1 is 1.50 bits per heavy atom. The first-order valence-electron chi connectivity index (χ1n) is 5.24. The molecule has 6 heteroatoms. The zero-order valence-corrected chi connectivity index (χ0v) is 12.0. The lowest BCUT2D eigenvalue weighted by molar-refractivity contribution is -0.133. The lowest BCUT2D eigenvalue weighted by atomic mass is 10.1. The fraction of sp³-hybridized carbons (Fsp3) is 0.333. The van der Waals surface area contributed by atoms with E-state index >= 15 is 0 Å². The Hall–Kier alpha value is -1.17. The van der Waals surface area contributed by atoms with Crippen LogP contribution in [-0.2, 0) is 9.53 Å². The number of halogens is 1. The molecule has 0 aliphatic carbocycles. The van der Waals surface area contributed by atoms with Crippen molar-refractivity contribution in [3.63, 3.8) is 0 Å². The van der Waals surface area contributed by atoms with Crippen LogP contribution >= 0.6 is 23.8 Å². The Kier molecular flexibility index (Phi) is 4.67. The molecule has 0 atom stereocenters. The van der Waals surface area contributed by atoms with Crippen LogP contribution in [0.2, 0.25) is 5.02 Å². The van der Waals surface area contributed by atoms with E-state index in [1.54, 1.807) is 32.0 Å². The first kappa shape index (κ1) is 14.9. The van der Waals surface area contributed by atoms with E-state index in [4.69, 9.17) is 34.3 Å². The molecule has 0 spiro atoms. The number of nitrogens with two attached hydrogens (primary N) is 1. The molecule has 0 saturated heterocycles. The Morgan fingerprint density at radius 3 is 2.56 bits per heavy atom. The predicted molar refractivity (Wildman–Crippen MR) is 77.1 cm³/mol. The van der Waals surface area contributed by atoms with Gasteiger partial charge in [-0.3, -0.25) is 4.79 Å². The number of carbonyl (C=O) groups is 1. The van der Waals surface area contributed by atoms with Crippen LogP contribution in [0.3, 0.4) is 0 Å². The van der Waals surface area contributed by atoms with Crippen molar-refractivity contribution < 1.29 is 9.53 Å². The maximum atomic E-state index is 11.9. The summed E-state index contributed by atoms with van der Waals surface area (Å²) in [6, 6.07) is 4.96. The van der Waals surface area contributed by atoms with Gasteiger partial charge in [0.2, 0.25) is 0 Å². The number of hydrogen-bond acceptors (Lipinski definition) is 3. The molecule has 18 heavy (non-hydrogen) atoms. The Labute approximate surface area is 116 Å². The van der Waals surface area contributed by atoms with Crippen molar-refractivity contribution >= 4 is 40.4 Å². The highest BCUT2D eigenvalue weighted by molar-refractivity contribution is 7.80. The molecular weight excluding hydrogens is 272 g/mol. The van der Waals surface area contributed by atoms with Crippen molar-refractivity contribution in [3.05, 3.63) is 28.8 Å². The van der Waals surface area contributed by atoms with Crippen molar-refractivity contribution in [1.29, 1.82) is 0 Å². The second kappa shape index (κ2) is 5.65. The molecule has 0 aromatic heterocycles. The third-order valence-electron chi connectivity index (χ3n) is 2.56. The minimum absolute atomic E-state index is 0.256. The molecular formula is C12H15ClN2O2S. The molecule has 0 bridgehead atoms. The molecule has 0 fully saturated rings. The molecule has 1 aromatic carbocycles. The van der Waals surface area contributed by atoms with Crippen molar-refractivity contribution in [1.82, 2.24) is 0 Å². The van der Waals surface area contributed by atoms with Crippen LogP contribution in [0.15, 0.2) is 18.2 Å². The number of nitrogens with one attached hydrogen (secondary N) is 1. The zero-order valence-electron chi connectivity index (χ0n) is 10.4. The van der Waals surface area contributed by atoms with Gasteiger partial charge in [0.1, 0.15) is 10.6 Å². The average molecular weight is 287 g/mol. The highest BCUT2D eigenvalue weighted by atomic mass is 35.5. The summed E-state index contributed by atoms with van der Waals surface area (Å²) in [5.41, 5.74) is 5.71. The number of methoxy groups -OCH3 is 1. The van der Waals surface area contributed by atoms with Gasteiger partial charge in [0, 0.05) is 12.7 Å². The highest BCUT2D eigenvalue weighted by Crippen LogP contribution is 2.24. The fourth-order valence-corrected chi connectivity index (χ4v) is 1.49. The summed E-state index contributed by atoms with van der Waals surface area (Å²) in [5.74, 6) is -0.282. The summed E-state index contributed by atoms with van der Waals surface area (Å²) >= 11 is 10.9. The number of hydrogen-bond donors (Lipinski definition) is 2. The van der Waals surface area contributed by atoms with Gasteiger partial charge in [-0.2, -0.15) is 0 Å². The lowest BCUT2D eigenvalue weighted by Gasteiger charge is -2.22. The van der Waals surface area contributed by atoms with E-state index in [0.717, 1.165) is 0 Å². The molecule has 3 N–H and O–H groups in total. The Bertz CT molecular complexity index is 489. The summed E-state index contributed by atoms with van der Waals surface area (Å²) in [6.07, 6.45) is 0. The molecule has 0 aliphatic rings. The van der Waals surface area contributed by atoms with Crippen molar-refractivity contribution in [2.45, 2.75) is 19.4 Å². The molecule has 0 unspecified atom stereocenters. The zero-order chi connectivity index (χ0) is 13.9. The number of anilines is 1. The van der Waals surface area contributed by atoms with Gasteiger partial charge in [-0.1, -0.05) is 23.8 Å². The molecule has 1 amide bonds. The second-order valence-electron chi connectivity index (χ2n) is 4.23. The Balaban J connectivity index is 2.93. The van der Waals surface area contributed by atoms with Crippen LogP contribution in [0.5, 0.6) is 0 Å². The smallest absolute Gasteiger partial charge is 0.256 e. The number of benzene rings is 1. The highest BCUT2D eigenvalue weighted by Gasteiger charge is 2.27. The molecule has 0 saturated carbocycles. The lowest BCUT2D eigenvalue weighted by Crippen LogP contribution is -2.38.